The highest BCUT2D eigenvalue weighted by Crippen LogP contribution is 2.13. The standard InChI is InChI=1S/C20H38O3/c1-4-7-9-11-13-15-18(21)17-19(6-3)23-20(22)16-14-12-10-8-5-2/h19H,4-17H2,1-3H3. The molecule has 3 heteroatoms. The van der Waals surface area contributed by atoms with Crippen LogP contribution >= 0.6 is 0 Å². The van der Waals surface area contributed by atoms with E-state index in [4.69, 9.17) is 4.74 Å². The van der Waals surface area contributed by atoms with Gasteiger partial charge in [-0.2, -0.15) is 0 Å². The van der Waals surface area contributed by atoms with Crippen molar-refractivity contribution in [1.29, 1.82) is 0 Å². The maximum absolute atomic E-state index is 12.0. The zero-order valence-corrected chi connectivity index (χ0v) is 15.7. The molecule has 0 amide bonds. The topological polar surface area (TPSA) is 43.4 Å². The average molecular weight is 327 g/mol. The molecule has 0 fully saturated rings. The van der Waals surface area contributed by atoms with Gasteiger partial charge in [0, 0.05) is 19.3 Å². The SMILES string of the molecule is CCCCCCCC(=O)CC(CC)OC(=O)CCCCCCC. The number of carbonyl (C=O) groups is 2. The second-order valence-electron chi connectivity index (χ2n) is 6.59. The van der Waals surface area contributed by atoms with E-state index in [0.717, 1.165) is 32.1 Å². The molecule has 0 radical (unpaired) electrons. The lowest BCUT2D eigenvalue weighted by Crippen LogP contribution is -2.21. The van der Waals surface area contributed by atoms with Gasteiger partial charge in [-0.05, 0) is 19.3 Å². The van der Waals surface area contributed by atoms with Gasteiger partial charge in [0.05, 0.1) is 0 Å². The van der Waals surface area contributed by atoms with Crippen molar-refractivity contribution in [2.45, 2.75) is 117 Å². The van der Waals surface area contributed by atoms with Gasteiger partial charge in [0.15, 0.2) is 0 Å². The zero-order valence-electron chi connectivity index (χ0n) is 15.7. The van der Waals surface area contributed by atoms with Crippen molar-refractivity contribution in [3.8, 4) is 0 Å². The second kappa shape index (κ2) is 16.0. The molecule has 23 heavy (non-hydrogen) atoms. The van der Waals surface area contributed by atoms with E-state index in [9.17, 15) is 9.59 Å². The molecule has 0 aromatic rings. The summed E-state index contributed by atoms with van der Waals surface area (Å²) in [7, 11) is 0. The average Bonchev–Trinajstić information content (AvgIpc) is 2.53. The van der Waals surface area contributed by atoms with E-state index in [1.807, 2.05) is 6.92 Å². The molecule has 0 aliphatic rings. The minimum Gasteiger partial charge on any atom is -0.462 e. The Balaban J connectivity index is 3.77. The molecule has 0 aliphatic heterocycles. The first kappa shape index (κ1) is 22.1. The Labute approximate surface area is 143 Å². The summed E-state index contributed by atoms with van der Waals surface area (Å²) >= 11 is 0. The largest absolute Gasteiger partial charge is 0.462 e. The second-order valence-corrected chi connectivity index (χ2v) is 6.59. The summed E-state index contributed by atoms with van der Waals surface area (Å²) in [6.07, 6.45) is 13.5. The monoisotopic (exact) mass is 326 g/mol. The first-order valence-electron chi connectivity index (χ1n) is 9.85. The Bertz CT molecular complexity index is 271. The fourth-order valence-corrected chi connectivity index (χ4v) is 2.67. The van der Waals surface area contributed by atoms with Crippen LogP contribution in [-0.2, 0) is 14.3 Å². The predicted octanol–water partition coefficient (Wildman–Crippen LogP) is 5.99. The minimum atomic E-state index is -0.221. The molecule has 0 aromatic heterocycles. The number of carbonyl (C=O) groups excluding carboxylic acids is 2. The molecule has 0 saturated carbocycles. The van der Waals surface area contributed by atoms with Gasteiger partial charge in [0.2, 0.25) is 0 Å². The molecule has 3 nitrogen and oxygen atoms in total. The highest BCUT2D eigenvalue weighted by Gasteiger charge is 2.16. The Morgan fingerprint density at radius 2 is 1.26 bits per heavy atom. The Hall–Kier alpha value is -0.860. The zero-order chi connectivity index (χ0) is 17.3. The van der Waals surface area contributed by atoms with Gasteiger partial charge in [-0.1, -0.05) is 72.1 Å². The molecule has 0 aliphatic carbocycles. The highest BCUT2D eigenvalue weighted by molar-refractivity contribution is 5.79. The molecule has 1 unspecified atom stereocenters. The lowest BCUT2D eigenvalue weighted by Gasteiger charge is -2.15. The molecule has 0 spiro atoms. The minimum absolute atomic E-state index is 0.135. The van der Waals surface area contributed by atoms with Gasteiger partial charge in [-0.3, -0.25) is 9.59 Å². The van der Waals surface area contributed by atoms with E-state index in [1.54, 1.807) is 0 Å². The van der Waals surface area contributed by atoms with Gasteiger partial charge in [0.1, 0.15) is 11.9 Å². The van der Waals surface area contributed by atoms with Gasteiger partial charge >= 0.3 is 5.97 Å². The number of ketones is 1. The third kappa shape index (κ3) is 14.5. The van der Waals surface area contributed by atoms with Crippen LogP contribution in [0.1, 0.15) is 111 Å². The van der Waals surface area contributed by atoms with E-state index in [1.165, 1.54) is 38.5 Å². The quantitative estimate of drug-likeness (QED) is 0.258. The van der Waals surface area contributed by atoms with Gasteiger partial charge in [-0.15, -0.1) is 0 Å². The maximum atomic E-state index is 12.0. The van der Waals surface area contributed by atoms with Crippen LogP contribution in [0.4, 0.5) is 0 Å². The Morgan fingerprint density at radius 3 is 1.78 bits per heavy atom. The van der Waals surface area contributed by atoms with Crippen molar-refractivity contribution in [2.75, 3.05) is 0 Å². The number of rotatable bonds is 16. The molecule has 0 N–H and O–H groups in total. The van der Waals surface area contributed by atoms with Crippen LogP contribution in [-0.4, -0.2) is 17.9 Å². The third-order valence-corrected chi connectivity index (χ3v) is 4.25. The van der Waals surface area contributed by atoms with Crippen molar-refractivity contribution in [3.63, 3.8) is 0 Å². The molecule has 0 heterocycles. The lowest BCUT2D eigenvalue weighted by molar-refractivity contribution is -0.150. The molecule has 0 aromatic carbocycles. The first-order valence-corrected chi connectivity index (χ1v) is 9.85. The third-order valence-electron chi connectivity index (χ3n) is 4.25. The van der Waals surface area contributed by atoms with Crippen molar-refractivity contribution in [3.05, 3.63) is 0 Å². The van der Waals surface area contributed by atoms with Crippen molar-refractivity contribution >= 4 is 11.8 Å². The van der Waals surface area contributed by atoms with Crippen LogP contribution in [0.15, 0.2) is 0 Å². The number of hydrogen-bond donors (Lipinski definition) is 0. The van der Waals surface area contributed by atoms with E-state index < -0.39 is 0 Å². The number of Topliss-reactive ketones (excluding diaryl/α,β-unsaturated/α-hetero) is 1. The van der Waals surface area contributed by atoms with E-state index in [-0.39, 0.29) is 17.9 Å². The summed E-state index contributed by atoms with van der Waals surface area (Å²) < 4.78 is 5.46. The molecular weight excluding hydrogens is 288 g/mol. The van der Waals surface area contributed by atoms with Crippen LogP contribution in [0.2, 0.25) is 0 Å². The molecule has 1 atom stereocenters. The Kier molecular flexibility index (Phi) is 15.4. The Morgan fingerprint density at radius 1 is 0.739 bits per heavy atom. The fraction of sp³-hybridized carbons (Fsp3) is 0.900. The summed E-state index contributed by atoms with van der Waals surface area (Å²) in [5, 5.41) is 0. The highest BCUT2D eigenvalue weighted by atomic mass is 16.5. The number of unbranched alkanes of at least 4 members (excludes halogenated alkanes) is 8. The summed E-state index contributed by atoms with van der Waals surface area (Å²) in [6, 6.07) is 0. The molecule has 0 saturated heterocycles. The van der Waals surface area contributed by atoms with Crippen molar-refractivity contribution in [2.24, 2.45) is 0 Å². The summed E-state index contributed by atoms with van der Waals surface area (Å²) in [5.41, 5.74) is 0. The van der Waals surface area contributed by atoms with Crippen LogP contribution in [0, 0.1) is 0 Å². The number of esters is 1. The van der Waals surface area contributed by atoms with Gasteiger partial charge in [0.25, 0.3) is 0 Å². The van der Waals surface area contributed by atoms with Crippen molar-refractivity contribution in [1.82, 2.24) is 0 Å². The van der Waals surface area contributed by atoms with Crippen LogP contribution in [0.5, 0.6) is 0 Å². The smallest absolute Gasteiger partial charge is 0.306 e. The predicted molar refractivity (Wildman–Crippen MR) is 96.5 cm³/mol. The number of ether oxygens (including phenoxy) is 1. The maximum Gasteiger partial charge on any atom is 0.306 e. The van der Waals surface area contributed by atoms with Crippen LogP contribution < -0.4 is 0 Å². The summed E-state index contributed by atoms with van der Waals surface area (Å²) in [5.74, 6) is 0.105. The van der Waals surface area contributed by atoms with Gasteiger partial charge < -0.3 is 4.74 Å². The van der Waals surface area contributed by atoms with E-state index >= 15 is 0 Å². The van der Waals surface area contributed by atoms with E-state index in [2.05, 4.69) is 13.8 Å². The first-order chi connectivity index (χ1) is 11.1. The molecule has 136 valence electrons. The normalized spacial score (nSPS) is 12.1. The van der Waals surface area contributed by atoms with E-state index in [0.29, 0.717) is 19.3 Å². The molecule has 0 rings (SSSR count). The summed E-state index contributed by atoms with van der Waals surface area (Å²) in [4.78, 5) is 23.8. The fourth-order valence-electron chi connectivity index (χ4n) is 2.67. The van der Waals surface area contributed by atoms with Crippen molar-refractivity contribution < 1.29 is 14.3 Å². The molecule has 0 bridgehead atoms. The van der Waals surface area contributed by atoms with Crippen LogP contribution in [0.25, 0.3) is 0 Å². The lowest BCUT2D eigenvalue weighted by atomic mass is 10.0. The number of hydrogen-bond acceptors (Lipinski definition) is 3. The van der Waals surface area contributed by atoms with Crippen LogP contribution in [0.3, 0.4) is 0 Å². The summed E-state index contributed by atoms with van der Waals surface area (Å²) in [6.45, 7) is 6.35. The van der Waals surface area contributed by atoms with Gasteiger partial charge in [-0.25, -0.2) is 0 Å². The molecular formula is C20H38O3.